The molecule has 1 heterocycles. The fourth-order valence-corrected chi connectivity index (χ4v) is 3.66. The Labute approximate surface area is 149 Å². The Morgan fingerprint density at radius 3 is 2.76 bits per heavy atom. The molecule has 0 atom stereocenters. The van der Waals surface area contributed by atoms with E-state index < -0.39 is 0 Å². The van der Waals surface area contributed by atoms with Gasteiger partial charge in [-0.2, -0.15) is 0 Å². The van der Waals surface area contributed by atoms with Gasteiger partial charge < -0.3 is 9.47 Å². The van der Waals surface area contributed by atoms with Crippen molar-refractivity contribution in [3.63, 3.8) is 0 Å². The molecule has 112 valence electrons. The monoisotopic (exact) mass is 480 g/mol. The maximum Gasteiger partial charge on any atom is 0.339 e. The Bertz CT molecular complexity index is 654. The summed E-state index contributed by atoms with van der Waals surface area (Å²) in [7, 11) is 1.37. The van der Waals surface area contributed by atoms with Gasteiger partial charge in [0, 0.05) is 15.8 Å². The van der Waals surface area contributed by atoms with Crippen molar-refractivity contribution in [3.05, 3.63) is 47.6 Å². The zero-order valence-electron chi connectivity index (χ0n) is 11.6. The molecule has 0 saturated carbocycles. The predicted octanol–water partition coefficient (Wildman–Crippen LogP) is 4.83. The zero-order valence-corrected chi connectivity index (χ0v) is 16.2. The first kappa shape index (κ1) is 16.8. The number of aryl methyl sites for hydroxylation is 1. The van der Waals surface area contributed by atoms with Crippen molar-refractivity contribution in [2.24, 2.45) is 0 Å². The van der Waals surface area contributed by atoms with Gasteiger partial charge >= 0.3 is 5.97 Å². The minimum Gasteiger partial charge on any atom is -0.492 e. The van der Waals surface area contributed by atoms with Gasteiger partial charge in [0.15, 0.2) is 0 Å². The summed E-state index contributed by atoms with van der Waals surface area (Å²) < 4.78 is 12.1. The van der Waals surface area contributed by atoms with E-state index in [4.69, 9.17) is 9.47 Å². The Kier molecular flexibility index (Phi) is 6.07. The summed E-state index contributed by atoms with van der Waals surface area (Å²) in [5, 5.41) is 2.15. The number of benzene rings is 1. The van der Waals surface area contributed by atoms with Gasteiger partial charge in [-0.15, -0.1) is 11.3 Å². The van der Waals surface area contributed by atoms with Gasteiger partial charge in [0.05, 0.1) is 22.9 Å². The van der Waals surface area contributed by atoms with Gasteiger partial charge in [0.2, 0.25) is 0 Å². The number of methoxy groups -OCH3 is 1. The molecular formula is C15H14BrIO3S. The van der Waals surface area contributed by atoms with E-state index in [0.717, 1.165) is 15.7 Å². The average Bonchev–Trinajstić information content (AvgIpc) is 2.87. The average molecular weight is 481 g/mol. The van der Waals surface area contributed by atoms with E-state index in [0.29, 0.717) is 16.6 Å². The van der Waals surface area contributed by atoms with Gasteiger partial charge in [-0.05, 0) is 74.6 Å². The van der Waals surface area contributed by atoms with Crippen molar-refractivity contribution in [2.75, 3.05) is 13.7 Å². The highest BCUT2D eigenvalue weighted by Gasteiger charge is 2.14. The highest BCUT2D eigenvalue weighted by molar-refractivity contribution is 14.1. The molecule has 1 aromatic carbocycles. The molecule has 0 fully saturated rings. The molecular weight excluding hydrogens is 467 g/mol. The topological polar surface area (TPSA) is 35.5 Å². The molecule has 0 unspecified atom stereocenters. The normalized spacial score (nSPS) is 10.5. The van der Waals surface area contributed by atoms with Crippen LogP contribution in [-0.2, 0) is 11.2 Å². The molecule has 3 nitrogen and oxygen atoms in total. The van der Waals surface area contributed by atoms with E-state index in [9.17, 15) is 4.79 Å². The Morgan fingerprint density at radius 1 is 1.38 bits per heavy atom. The molecule has 2 aromatic rings. The summed E-state index contributed by atoms with van der Waals surface area (Å²) in [6, 6.07) is 5.75. The first-order valence-electron chi connectivity index (χ1n) is 6.25. The third kappa shape index (κ3) is 4.43. The highest BCUT2D eigenvalue weighted by Crippen LogP contribution is 2.29. The van der Waals surface area contributed by atoms with Gasteiger partial charge in [-0.1, -0.05) is 0 Å². The maximum absolute atomic E-state index is 11.6. The molecule has 2 rings (SSSR count). The van der Waals surface area contributed by atoms with Crippen LogP contribution in [0.3, 0.4) is 0 Å². The second-order valence-electron chi connectivity index (χ2n) is 4.42. The standard InChI is InChI=1S/C15H14BrIO3S/c1-9-5-10(8-21-9)3-4-20-14-7-12(16)11(6-13(14)17)15(18)19-2/h5-8H,3-4H2,1-2H3. The Morgan fingerprint density at radius 2 is 2.14 bits per heavy atom. The van der Waals surface area contributed by atoms with Crippen molar-refractivity contribution in [1.29, 1.82) is 0 Å². The first-order chi connectivity index (χ1) is 10.0. The number of ether oxygens (including phenoxy) is 2. The molecule has 0 aliphatic heterocycles. The zero-order chi connectivity index (χ0) is 15.4. The lowest BCUT2D eigenvalue weighted by molar-refractivity contribution is 0.0599. The van der Waals surface area contributed by atoms with Crippen LogP contribution in [-0.4, -0.2) is 19.7 Å². The maximum atomic E-state index is 11.6. The second kappa shape index (κ2) is 7.60. The number of rotatable bonds is 5. The van der Waals surface area contributed by atoms with Gasteiger partial charge in [0.1, 0.15) is 5.75 Å². The number of hydrogen-bond donors (Lipinski definition) is 0. The first-order valence-corrected chi connectivity index (χ1v) is 9.00. The molecule has 0 N–H and O–H groups in total. The molecule has 21 heavy (non-hydrogen) atoms. The predicted molar refractivity (Wildman–Crippen MR) is 96.5 cm³/mol. The van der Waals surface area contributed by atoms with E-state index >= 15 is 0 Å². The minimum absolute atomic E-state index is 0.361. The van der Waals surface area contributed by atoms with E-state index in [2.05, 4.69) is 56.9 Å². The number of carbonyl (C=O) groups excluding carboxylic acids is 1. The number of esters is 1. The van der Waals surface area contributed by atoms with Gasteiger partial charge in [-0.3, -0.25) is 0 Å². The van der Waals surface area contributed by atoms with Crippen molar-refractivity contribution in [2.45, 2.75) is 13.3 Å². The minimum atomic E-state index is -0.361. The highest BCUT2D eigenvalue weighted by atomic mass is 127. The van der Waals surface area contributed by atoms with Crippen LogP contribution in [0, 0.1) is 10.5 Å². The fourth-order valence-electron chi connectivity index (χ4n) is 1.81. The molecule has 0 radical (unpaired) electrons. The summed E-state index contributed by atoms with van der Waals surface area (Å²) in [6.07, 6.45) is 0.872. The largest absolute Gasteiger partial charge is 0.492 e. The summed E-state index contributed by atoms with van der Waals surface area (Å²) in [4.78, 5) is 12.9. The number of carbonyl (C=O) groups is 1. The third-order valence-corrected chi connectivity index (χ3v) is 5.27. The second-order valence-corrected chi connectivity index (χ2v) is 7.55. The van der Waals surface area contributed by atoms with Gasteiger partial charge in [0.25, 0.3) is 0 Å². The van der Waals surface area contributed by atoms with E-state index in [1.165, 1.54) is 17.6 Å². The molecule has 0 amide bonds. The van der Waals surface area contributed by atoms with E-state index in [1.54, 1.807) is 17.4 Å². The summed E-state index contributed by atoms with van der Waals surface area (Å²) in [6.45, 7) is 2.71. The van der Waals surface area contributed by atoms with Crippen LogP contribution in [0.5, 0.6) is 5.75 Å². The van der Waals surface area contributed by atoms with Crippen LogP contribution in [0.4, 0.5) is 0 Å². The lowest BCUT2D eigenvalue weighted by Gasteiger charge is -2.10. The molecule has 0 aliphatic rings. The molecule has 0 spiro atoms. The number of halogens is 2. The van der Waals surface area contributed by atoms with Crippen molar-refractivity contribution in [3.8, 4) is 5.75 Å². The van der Waals surface area contributed by atoms with E-state index in [-0.39, 0.29) is 5.97 Å². The Balaban J connectivity index is 2.03. The van der Waals surface area contributed by atoms with Crippen LogP contribution in [0.2, 0.25) is 0 Å². The molecule has 6 heteroatoms. The molecule has 1 aromatic heterocycles. The van der Waals surface area contributed by atoms with Crippen LogP contribution in [0.1, 0.15) is 20.8 Å². The smallest absolute Gasteiger partial charge is 0.339 e. The lowest BCUT2D eigenvalue weighted by atomic mass is 10.2. The van der Waals surface area contributed by atoms with Crippen LogP contribution < -0.4 is 4.74 Å². The number of hydrogen-bond acceptors (Lipinski definition) is 4. The molecule has 0 saturated heterocycles. The molecule has 0 aliphatic carbocycles. The summed E-state index contributed by atoms with van der Waals surface area (Å²) in [5.41, 5.74) is 1.79. The van der Waals surface area contributed by atoms with Crippen molar-refractivity contribution >= 4 is 55.8 Å². The van der Waals surface area contributed by atoms with Gasteiger partial charge in [-0.25, -0.2) is 4.79 Å². The van der Waals surface area contributed by atoms with E-state index in [1.807, 2.05) is 6.07 Å². The Hall–Kier alpha value is -0.600. The van der Waals surface area contributed by atoms with Crippen molar-refractivity contribution in [1.82, 2.24) is 0 Å². The van der Waals surface area contributed by atoms with Crippen LogP contribution in [0.15, 0.2) is 28.1 Å². The lowest BCUT2D eigenvalue weighted by Crippen LogP contribution is -2.06. The number of thiophene rings is 1. The van der Waals surface area contributed by atoms with Crippen LogP contribution >= 0.6 is 49.9 Å². The quantitative estimate of drug-likeness (QED) is 0.454. The summed E-state index contributed by atoms with van der Waals surface area (Å²) >= 11 is 7.29. The molecule has 0 bridgehead atoms. The van der Waals surface area contributed by atoms with Crippen LogP contribution in [0.25, 0.3) is 0 Å². The summed E-state index contributed by atoms with van der Waals surface area (Å²) in [5.74, 6) is 0.405. The fraction of sp³-hybridized carbons (Fsp3) is 0.267. The third-order valence-electron chi connectivity index (χ3n) is 2.86. The SMILES string of the molecule is COC(=O)c1cc(I)c(OCCc2csc(C)c2)cc1Br. The van der Waals surface area contributed by atoms with Crippen molar-refractivity contribution < 1.29 is 14.3 Å².